The predicted octanol–water partition coefficient (Wildman–Crippen LogP) is 1.12. The predicted molar refractivity (Wildman–Crippen MR) is 62.6 cm³/mol. The molecule has 1 saturated heterocycles. The third-order valence-electron chi connectivity index (χ3n) is 3.35. The summed E-state index contributed by atoms with van der Waals surface area (Å²) < 4.78 is 4.86. The zero-order valence-electron chi connectivity index (χ0n) is 10.7. The molecule has 1 amide bonds. The maximum atomic E-state index is 11.9. The summed E-state index contributed by atoms with van der Waals surface area (Å²) in [6.45, 7) is 4.67. The van der Waals surface area contributed by atoms with E-state index in [-0.39, 0.29) is 17.7 Å². The molecule has 0 spiro atoms. The Kier molecular flexibility index (Phi) is 4.51. The normalized spacial score (nSPS) is 23.5. The van der Waals surface area contributed by atoms with E-state index in [1.165, 1.54) is 12.0 Å². The lowest BCUT2D eigenvalue weighted by Gasteiger charge is -2.44. The molecule has 1 heterocycles. The smallest absolute Gasteiger partial charge is 0.326 e. The monoisotopic (exact) mass is 243 g/mol. The number of nitrogens with zero attached hydrogens (tertiary/aromatic N) is 1. The summed E-state index contributed by atoms with van der Waals surface area (Å²) in [5.74, 6) is -1.05. The summed E-state index contributed by atoms with van der Waals surface area (Å²) in [7, 11) is 1.53. The lowest BCUT2D eigenvalue weighted by molar-refractivity contribution is -0.159. The van der Waals surface area contributed by atoms with Crippen LogP contribution in [0, 0.1) is 5.41 Å². The van der Waals surface area contributed by atoms with Crippen molar-refractivity contribution in [2.75, 3.05) is 20.3 Å². The summed E-state index contributed by atoms with van der Waals surface area (Å²) in [5.41, 5.74) is -0.368. The third-order valence-corrected chi connectivity index (χ3v) is 3.35. The van der Waals surface area contributed by atoms with Gasteiger partial charge >= 0.3 is 5.97 Å². The Labute approximate surface area is 102 Å². The number of likely N-dealkylation sites (tertiary alicyclic amines) is 1. The molecule has 5 heteroatoms. The van der Waals surface area contributed by atoms with Crippen molar-refractivity contribution in [1.82, 2.24) is 4.90 Å². The Morgan fingerprint density at radius 3 is 2.65 bits per heavy atom. The van der Waals surface area contributed by atoms with Gasteiger partial charge in [0, 0.05) is 13.7 Å². The largest absolute Gasteiger partial charge is 0.480 e. The van der Waals surface area contributed by atoms with Crippen molar-refractivity contribution in [2.24, 2.45) is 5.41 Å². The molecule has 1 atom stereocenters. The molecule has 1 fully saturated rings. The average Bonchev–Trinajstić information content (AvgIpc) is 2.23. The van der Waals surface area contributed by atoms with Crippen LogP contribution in [0.25, 0.3) is 0 Å². The van der Waals surface area contributed by atoms with E-state index in [0.717, 1.165) is 12.8 Å². The van der Waals surface area contributed by atoms with E-state index >= 15 is 0 Å². The Bertz CT molecular complexity index is 301. The SMILES string of the molecule is COCCC(=O)N1CCCC(C)(C)C1C(=O)O. The number of ether oxygens (including phenoxy) is 1. The minimum Gasteiger partial charge on any atom is -0.480 e. The van der Waals surface area contributed by atoms with E-state index < -0.39 is 12.0 Å². The van der Waals surface area contributed by atoms with Crippen LogP contribution in [0.1, 0.15) is 33.1 Å². The quantitative estimate of drug-likeness (QED) is 0.803. The van der Waals surface area contributed by atoms with E-state index in [1.807, 2.05) is 13.8 Å². The second-order valence-corrected chi connectivity index (χ2v) is 5.16. The van der Waals surface area contributed by atoms with E-state index in [2.05, 4.69) is 0 Å². The van der Waals surface area contributed by atoms with Gasteiger partial charge < -0.3 is 14.7 Å². The highest BCUT2D eigenvalue weighted by Gasteiger charge is 2.44. The lowest BCUT2D eigenvalue weighted by Crippen LogP contribution is -2.56. The van der Waals surface area contributed by atoms with Gasteiger partial charge in [-0.15, -0.1) is 0 Å². The zero-order chi connectivity index (χ0) is 13.1. The number of aliphatic carboxylic acids is 1. The van der Waals surface area contributed by atoms with Gasteiger partial charge in [-0.05, 0) is 18.3 Å². The maximum absolute atomic E-state index is 11.9. The fraction of sp³-hybridized carbons (Fsp3) is 0.833. The van der Waals surface area contributed by atoms with Crippen LogP contribution in [0.15, 0.2) is 0 Å². The van der Waals surface area contributed by atoms with Crippen molar-refractivity contribution in [1.29, 1.82) is 0 Å². The summed E-state index contributed by atoms with van der Waals surface area (Å²) >= 11 is 0. The Hall–Kier alpha value is -1.10. The molecule has 0 aliphatic carbocycles. The van der Waals surface area contributed by atoms with Gasteiger partial charge in [0.25, 0.3) is 0 Å². The van der Waals surface area contributed by atoms with Crippen LogP contribution in [-0.2, 0) is 14.3 Å². The summed E-state index contributed by atoms with van der Waals surface area (Å²) in [4.78, 5) is 24.8. The molecule has 1 unspecified atom stereocenters. The average molecular weight is 243 g/mol. The van der Waals surface area contributed by atoms with Gasteiger partial charge in [-0.1, -0.05) is 13.8 Å². The van der Waals surface area contributed by atoms with Crippen LogP contribution in [0.3, 0.4) is 0 Å². The van der Waals surface area contributed by atoms with Gasteiger partial charge in [0.15, 0.2) is 0 Å². The maximum Gasteiger partial charge on any atom is 0.326 e. The first kappa shape index (κ1) is 14.0. The minimum absolute atomic E-state index is 0.132. The number of amides is 1. The second kappa shape index (κ2) is 5.49. The standard InChI is InChI=1S/C12H21NO4/c1-12(2)6-4-7-13(10(12)11(15)16)9(14)5-8-17-3/h10H,4-8H2,1-3H3,(H,15,16). The fourth-order valence-electron chi connectivity index (χ4n) is 2.46. The molecule has 1 aliphatic rings. The van der Waals surface area contributed by atoms with Crippen LogP contribution in [0.5, 0.6) is 0 Å². The molecule has 0 bridgehead atoms. The summed E-state index contributed by atoms with van der Waals surface area (Å²) in [5, 5.41) is 9.29. The van der Waals surface area contributed by atoms with Crippen molar-refractivity contribution in [3.63, 3.8) is 0 Å². The number of hydrogen-bond donors (Lipinski definition) is 1. The zero-order valence-corrected chi connectivity index (χ0v) is 10.7. The fourth-order valence-corrected chi connectivity index (χ4v) is 2.46. The van der Waals surface area contributed by atoms with Crippen molar-refractivity contribution in [2.45, 2.75) is 39.2 Å². The first-order valence-electron chi connectivity index (χ1n) is 5.91. The summed E-state index contributed by atoms with van der Waals surface area (Å²) in [6, 6.07) is -0.722. The number of methoxy groups -OCH3 is 1. The van der Waals surface area contributed by atoms with Crippen LogP contribution in [0.2, 0.25) is 0 Å². The van der Waals surface area contributed by atoms with Gasteiger partial charge in [0.1, 0.15) is 6.04 Å². The first-order chi connectivity index (χ1) is 7.90. The molecule has 98 valence electrons. The van der Waals surface area contributed by atoms with Gasteiger partial charge in [-0.25, -0.2) is 4.79 Å². The molecule has 0 radical (unpaired) electrons. The number of piperidine rings is 1. The van der Waals surface area contributed by atoms with E-state index in [9.17, 15) is 14.7 Å². The van der Waals surface area contributed by atoms with Crippen LogP contribution < -0.4 is 0 Å². The molecule has 0 aromatic rings. The van der Waals surface area contributed by atoms with Crippen LogP contribution >= 0.6 is 0 Å². The number of carboxylic acids is 1. The summed E-state index contributed by atoms with van der Waals surface area (Å²) in [6.07, 6.45) is 1.93. The molecule has 1 aliphatic heterocycles. The van der Waals surface area contributed by atoms with Gasteiger partial charge in [-0.3, -0.25) is 4.79 Å². The number of carbonyl (C=O) groups is 2. The molecule has 0 aromatic heterocycles. The number of carboxylic acid groups (broad SMARTS) is 1. The van der Waals surface area contributed by atoms with Crippen molar-refractivity contribution in [3.8, 4) is 0 Å². The van der Waals surface area contributed by atoms with Gasteiger partial charge in [0.05, 0.1) is 13.0 Å². The molecule has 1 rings (SSSR count). The van der Waals surface area contributed by atoms with E-state index in [1.54, 1.807) is 0 Å². The van der Waals surface area contributed by atoms with Crippen molar-refractivity contribution < 1.29 is 19.4 Å². The molecule has 0 saturated carbocycles. The Morgan fingerprint density at radius 2 is 2.12 bits per heavy atom. The van der Waals surface area contributed by atoms with E-state index in [4.69, 9.17) is 4.74 Å². The van der Waals surface area contributed by atoms with Crippen LogP contribution in [-0.4, -0.2) is 48.2 Å². The highest BCUT2D eigenvalue weighted by Crippen LogP contribution is 2.35. The minimum atomic E-state index is -0.916. The highest BCUT2D eigenvalue weighted by atomic mass is 16.5. The molecule has 1 N–H and O–H groups in total. The first-order valence-corrected chi connectivity index (χ1v) is 5.91. The van der Waals surface area contributed by atoms with Crippen molar-refractivity contribution >= 4 is 11.9 Å². The number of carbonyl (C=O) groups excluding carboxylic acids is 1. The molecule has 5 nitrogen and oxygen atoms in total. The molecule has 17 heavy (non-hydrogen) atoms. The van der Waals surface area contributed by atoms with Crippen molar-refractivity contribution in [3.05, 3.63) is 0 Å². The van der Waals surface area contributed by atoms with Gasteiger partial charge in [0.2, 0.25) is 5.91 Å². The van der Waals surface area contributed by atoms with E-state index in [0.29, 0.717) is 13.2 Å². The lowest BCUT2D eigenvalue weighted by atomic mass is 9.76. The Morgan fingerprint density at radius 1 is 1.47 bits per heavy atom. The molecular formula is C12H21NO4. The highest BCUT2D eigenvalue weighted by molar-refractivity contribution is 5.84. The third kappa shape index (κ3) is 3.19. The van der Waals surface area contributed by atoms with Crippen LogP contribution in [0.4, 0.5) is 0 Å². The second-order valence-electron chi connectivity index (χ2n) is 5.16. The number of rotatable bonds is 4. The molecular weight excluding hydrogens is 222 g/mol. The Balaban J connectivity index is 2.81. The number of hydrogen-bond acceptors (Lipinski definition) is 3. The van der Waals surface area contributed by atoms with Gasteiger partial charge in [-0.2, -0.15) is 0 Å². The molecule has 0 aromatic carbocycles. The topological polar surface area (TPSA) is 66.8 Å².